The summed E-state index contributed by atoms with van der Waals surface area (Å²) in [6, 6.07) is 14.0. The van der Waals surface area contributed by atoms with E-state index in [1.54, 1.807) is 36.4 Å². The third-order valence-electron chi connectivity index (χ3n) is 2.70. The summed E-state index contributed by atoms with van der Waals surface area (Å²) in [6.45, 7) is 1.86. The molecule has 19 heavy (non-hydrogen) atoms. The van der Waals surface area contributed by atoms with Gasteiger partial charge >= 0.3 is 0 Å². The minimum absolute atomic E-state index is 0.137. The lowest BCUT2D eigenvalue weighted by Gasteiger charge is -2.03. The second kappa shape index (κ2) is 5.82. The highest BCUT2D eigenvalue weighted by molar-refractivity contribution is 5.95. The number of amides is 1. The number of benzene rings is 2. The number of phenolic OH excluding ortho intramolecular Hbond substituents is 1. The molecule has 2 N–H and O–H groups in total. The molecule has 0 aliphatic heterocycles. The molecule has 0 aliphatic carbocycles. The Morgan fingerprint density at radius 2 is 1.89 bits per heavy atom. The predicted octanol–water partition coefficient (Wildman–Crippen LogP) is 2.46. The molecule has 0 aromatic heterocycles. The van der Waals surface area contributed by atoms with Gasteiger partial charge in [-0.25, -0.2) is 5.43 Å². The van der Waals surface area contributed by atoms with Crippen molar-refractivity contribution in [2.24, 2.45) is 5.10 Å². The number of hydrogen-bond donors (Lipinski definition) is 2. The molecule has 4 nitrogen and oxygen atoms in total. The highest BCUT2D eigenvalue weighted by Crippen LogP contribution is 2.17. The molecule has 0 bridgehead atoms. The van der Waals surface area contributed by atoms with Gasteiger partial charge in [0.2, 0.25) is 0 Å². The van der Waals surface area contributed by atoms with Crippen molar-refractivity contribution >= 4 is 12.1 Å². The monoisotopic (exact) mass is 254 g/mol. The van der Waals surface area contributed by atoms with Crippen LogP contribution < -0.4 is 5.43 Å². The van der Waals surface area contributed by atoms with Crippen LogP contribution in [0.25, 0.3) is 0 Å². The normalized spacial score (nSPS) is 10.6. The lowest BCUT2D eigenvalue weighted by Crippen LogP contribution is -2.17. The van der Waals surface area contributed by atoms with Crippen LogP contribution in [0.4, 0.5) is 0 Å². The van der Waals surface area contributed by atoms with Crippen LogP contribution in [-0.2, 0) is 0 Å². The summed E-state index contributed by atoms with van der Waals surface area (Å²) < 4.78 is 0. The number of hydrogen-bond acceptors (Lipinski definition) is 3. The average Bonchev–Trinajstić information content (AvgIpc) is 2.43. The molecule has 4 heteroatoms. The van der Waals surface area contributed by atoms with Crippen molar-refractivity contribution in [2.45, 2.75) is 6.92 Å². The Bertz CT molecular complexity index is 587. The first kappa shape index (κ1) is 12.8. The SMILES string of the molecule is Cc1cccc(O)c1C=NNC(=O)c1ccccc1. The zero-order chi connectivity index (χ0) is 13.7. The lowest BCUT2D eigenvalue weighted by molar-refractivity contribution is 0.0955. The number of nitrogens with zero attached hydrogens (tertiary/aromatic N) is 1. The van der Waals surface area contributed by atoms with Crippen LogP contribution in [0.15, 0.2) is 53.6 Å². The first-order valence-electron chi connectivity index (χ1n) is 5.85. The van der Waals surface area contributed by atoms with Crippen LogP contribution in [0, 0.1) is 6.92 Å². The largest absolute Gasteiger partial charge is 0.507 e. The van der Waals surface area contributed by atoms with Gasteiger partial charge in [0.05, 0.1) is 6.21 Å². The van der Waals surface area contributed by atoms with Gasteiger partial charge in [-0.2, -0.15) is 5.10 Å². The molecular weight excluding hydrogens is 240 g/mol. The number of phenols is 1. The van der Waals surface area contributed by atoms with Gasteiger partial charge in [-0.05, 0) is 30.7 Å². The van der Waals surface area contributed by atoms with Crippen LogP contribution in [-0.4, -0.2) is 17.2 Å². The number of carbonyl (C=O) groups excluding carboxylic acids is 1. The number of hydrazone groups is 1. The van der Waals surface area contributed by atoms with Gasteiger partial charge in [-0.1, -0.05) is 30.3 Å². The van der Waals surface area contributed by atoms with Crippen molar-refractivity contribution in [3.63, 3.8) is 0 Å². The number of rotatable bonds is 3. The third kappa shape index (κ3) is 3.19. The maximum Gasteiger partial charge on any atom is 0.271 e. The van der Waals surface area contributed by atoms with Crippen LogP contribution in [0.5, 0.6) is 5.75 Å². The number of carbonyl (C=O) groups is 1. The van der Waals surface area contributed by atoms with Gasteiger partial charge in [0.1, 0.15) is 5.75 Å². The summed E-state index contributed by atoms with van der Waals surface area (Å²) in [5.41, 5.74) is 4.44. The quantitative estimate of drug-likeness (QED) is 0.653. The molecule has 2 rings (SSSR count). The Morgan fingerprint density at radius 3 is 2.58 bits per heavy atom. The number of aromatic hydroxyl groups is 1. The first-order valence-corrected chi connectivity index (χ1v) is 5.85. The van der Waals surface area contributed by atoms with Crippen LogP contribution in [0.3, 0.4) is 0 Å². The van der Waals surface area contributed by atoms with Gasteiger partial charge in [0, 0.05) is 11.1 Å². The molecule has 96 valence electrons. The maximum atomic E-state index is 11.7. The topological polar surface area (TPSA) is 61.7 Å². The van der Waals surface area contributed by atoms with Crippen LogP contribution >= 0.6 is 0 Å². The van der Waals surface area contributed by atoms with Crippen molar-refractivity contribution < 1.29 is 9.90 Å². The molecule has 0 spiro atoms. The van der Waals surface area contributed by atoms with Crippen LogP contribution in [0.1, 0.15) is 21.5 Å². The number of nitrogens with one attached hydrogen (secondary N) is 1. The second-order valence-corrected chi connectivity index (χ2v) is 4.07. The smallest absolute Gasteiger partial charge is 0.271 e. The molecule has 0 fully saturated rings. The van der Waals surface area contributed by atoms with Crippen molar-refractivity contribution in [1.82, 2.24) is 5.43 Å². The van der Waals surface area contributed by atoms with E-state index in [2.05, 4.69) is 10.5 Å². The summed E-state index contributed by atoms with van der Waals surface area (Å²) in [6.07, 6.45) is 1.44. The molecule has 0 saturated heterocycles. The molecule has 1 amide bonds. The van der Waals surface area contributed by atoms with E-state index >= 15 is 0 Å². The van der Waals surface area contributed by atoms with Crippen molar-refractivity contribution in [1.29, 1.82) is 0 Å². The zero-order valence-electron chi connectivity index (χ0n) is 10.5. The fraction of sp³-hybridized carbons (Fsp3) is 0.0667. The van der Waals surface area contributed by atoms with E-state index in [9.17, 15) is 9.90 Å². The van der Waals surface area contributed by atoms with Gasteiger partial charge in [-0.15, -0.1) is 0 Å². The molecule has 0 aliphatic rings. The molecular formula is C15H14N2O2. The average molecular weight is 254 g/mol. The third-order valence-corrected chi connectivity index (χ3v) is 2.70. The van der Waals surface area contributed by atoms with Gasteiger partial charge in [-0.3, -0.25) is 4.79 Å². The number of aryl methyl sites for hydroxylation is 1. The Kier molecular flexibility index (Phi) is 3.93. The molecule has 0 saturated carbocycles. The highest BCUT2D eigenvalue weighted by atomic mass is 16.3. The zero-order valence-corrected chi connectivity index (χ0v) is 10.5. The summed E-state index contributed by atoms with van der Waals surface area (Å²) >= 11 is 0. The van der Waals surface area contributed by atoms with E-state index in [-0.39, 0.29) is 11.7 Å². The Balaban J connectivity index is 2.07. The maximum absolute atomic E-state index is 11.7. The van der Waals surface area contributed by atoms with Crippen molar-refractivity contribution in [2.75, 3.05) is 0 Å². The van der Waals surface area contributed by atoms with E-state index in [0.717, 1.165) is 5.56 Å². The fourth-order valence-electron chi connectivity index (χ4n) is 1.64. The standard InChI is InChI=1S/C15H14N2O2/c1-11-6-5-9-14(18)13(11)10-16-17-15(19)12-7-3-2-4-8-12/h2-10,18H,1H3,(H,17,19). The minimum atomic E-state index is -0.287. The summed E-state index contributed by atoms with van der Waals surface area (Å²) in [5, 5.41) is 13.5. The molecule has 0 unspecified atom stereocenters. The van der Waals surface area contributed by atoms with E-state index in [0.29, 0.717) is 11.1 Å². The summed E-state index contributed by atoms with van der Waals surface area (Å²) in [7, 11) is 0. The van der Waals surface area contributed by atoms with E-state index in [1.807, 2.05) is 19.1 Å². The Labute approximate surface area is 111 Å². The highest BCUT2D eigenvalue weighted by Gasteiger charge is 2.03. The van der Waals surface area contributed by atoms with Gasteiger partial charge < -0.3 is 5.11 Å². The Morgan fingerprint density at radius 1 is 1.16 bits per heavy atom. The molecule has 0 radical (unpaired) electrons. The van der Waals surface area contributed by atoms with Crippen LogP contribution in [0.2, 0.25) is 0 Å². The first-order chi connectivity index (χ1) is 9.18. The molecule has 0 heterocycles. The summed E-state index contributed by atoms with van der Waals surface area (Å²) in [4.78, 5) is 11.7. The summed E-state index contributed by atoms with van der Waals surface area (Å²) in [5.74, 6) is -0.150. The van der Waals surface area contributed by atoms with Gasteiger partial charge in [0.15, 0.2) is 0 Å². The molecule has 2 aromatic carbocycles. The predicted molar refractivity (Wildman–Crippen MR) is 74.3 cm³/mol. The fourth-order valence-corrected chi connectivity index (χ4v) is 1.64. The van der Waals surface area contributed by atoms with E-state index in [1.165, 1.54) is 6.21 Å². The van der Waals surface area contributed by atoms with E-state index in [4.69, 9.17) is 0 Å². The molecule has 2 aromatic rings. The minimum Gasteiger partial charge on any atom is -0.507 e. The van der Waals surface area contributed by atoms with Crippen molar-refractivity contribution in [3.05, 3.63) is 65.2 Å². The van der Waals surface area contributed by atoms with Gasteiger partial charge in [0.25, 0.3) is 5.91 Å². The Hall–Kier alpha value is -2.62. The van der Waals surface area contributed by atoms with E-state index < -0.39 is 0 Å². The molecule has 0 atom stereocenters. The lowest BCUT2D eigenvalue weighted by atomic mass is 10.1. The van der Waals surface area contributed by atoms with Crippen molar-refractivity contribution in [3.8, 4) is 5.75 Å². The second-order valence-electron chi connectivity index (χ2n) is 4.07.